The van der Waals surface area contributed by atoms with Gasteiger partial charge in [-0.25, -0.2) is 4.79 Å². The van der Waals surface area contributed by atoms with Crippen molar-refractivity contribution in [1.29, 1.82) is 0 Å². The number of carbonyl (C=O) groups is 2. The van der Waals surface area contributed by atoms with Crippen molar-refractivity contribution in [2.45, 2.75) is 31.6 Å². The van der Waals surface area contributed by atoms with Gasteiger partial charge in [0.15, 0.2) is 11.2 Å². The van der Waals surface area contributed by atoms with Crippen LogP contribution in [0.5, 0.6) is 0 Å². The minimum atomic E-state index is -1.47. The fraction of sp³-hybridized carbons (Fsp3) is 0.750. The van der Waals surface area contributed by atoms with E-state index in [2.05, 4.69) is 4.74 Å². The Balaban J connectivity index is 4.28. The van der Waals surface area contributed by atoms with Gasteiger partial charge in [-0.2, -0.15) is 0 Å². The number of rotatable bonds is 5. The fourth-order valence-corrected chi connectivity index (χ4v) is 1.07. The Morgan fingerprint density at radius 1 is 1.58 bits per heavy atom. The average Bonchev–Trinajstić information content (AvgIpc) is 2.05. The van der Waals surface area contributed by atoms with Crippen molar-refractivity contribution in [2.24, 2.45) is 0 Å². The molecule has 0 saturated carbocycles. The number of esters is 1. The van der Waals surface area contributed by atoms with Gasteiger partial charge in [-0.15, -0.1) is 0 Å². The Hall–Kier alpha value is -0.570. The molecule has 0 radical (unpaired) electrons. The second-order valence-corrected chi connectivity index (χ2v) is 3.13. The predicted molar refractivity (Wildman–Crippen MR) is 46.2 cm³/mol. The summed E-state index contributed by atoms with van der Waals surface area (Å²) in [6.45, 7) is 3.76. The van der Waals surface area contributed by atoms with Crippen molar-refractivity contribution >= 4 is 23.9 Å². The Labute approximate surface area is 77.0 Å². The minimum absolute atomic E-state index is 0.241. The lowest BCUT2D eigenvalue weighted by molar-refractivity contribution is -0.147. The molecule has 0 aliphatic rings. The van der Waals surface area contributed by atoms with Crippen LogP contribution in [0, 0.1) is 0 Å². The van der Waals surface area contributed by atoms with Crippen molar-refractivity contribution in [3.05, 3.63) is 0 Å². The highest BCUT2D eigenvalue weighted by atomic mass is 35.5. The third-order valence-electron chi connectivity index (χ3n) is 1.42. The van der Waals surface area contributed by atoms with E-state index in [0.717, 1.165) is 0 Å². The van der Waals surface area contributed by atoms with E-state index in [9.17, 15) is 9.59 Å². The molecule has 0 fully saturated rings. The van der Waals surface area contributed by atoms with Gasteiger partial charge in [0.1, 0.15) is 0 Å². The third kappa shape index (κ3) is 2.81. The van der Waals surface area contributed by atoms with Gasteiger partial charge in [0, 0.05) is 0 Å². The van der Waals surface area contributed by atoms with Crippen LogP contribution < -0.4 is 0 Å². The molecule has 0 N–H and O–H groups in total. The molecule has 1 unspecified atom stereocenters. The number of aldehydes is 1. The van der Waals surface area contributed by atoms with Crippen molar-refractivity contribution in [3.8, 4) is 0 Å². The summed E-state index contributed by atoms with van der Waals surface area (Å²) in [6, 6.07) is 0. The molecule has 3 nitrogen and oxygen atoms in total. The highest BCUT2D eigenvalue weighted by Crippen LogP contribution is 2.20. The molecule has 1 atom stereocenters. The summed E-state index contributed by atoms with van der Waals surface area (Å²) in [5.41, 5.74) is 0. The Morgan fingerprint density at radius 2 is 2.17 bits per heavy atom. The van der Waals surface area contributed by atoms with E-state index in [1.807, 2.05) is 6.92 Å². The summed E-state index contributed by atoms with van der Waals surface area (Å²) >= 11 is 5.71. The van der Waals surface area contributed by atoms with Crippen molar-refractivity contribution in [3.63, 3.8) is 0 Å². The molecule has 4 heteroatoms. The molecule has 0 aromatic rings. The zero-order valence-electron chi connectivity index (χ0n) is 7.30. The number of alkyl halides is 1. The zero-order valence-corrected chi connectivity index (χ0v) is 8.06. The summed E-state index contributed by atoms with van der Waals surface area (Å²) in [4.78, 5) is 20.1. The van der Waals surface area contributed by atoms with E-state index in [1.54, 1.807) is 6.92 Å². The molecule has 70 valence electrons. The second-order valence-electron chi connectivity index (χ2n) is 2.45. The lowest BCUT2D eigenvalue weighted by Crippen LogP contribution is -2.35. The van der Waals surface area contributed by atoms with E-state index in [-0.39, 0.29) is 6.61 Å². The Morgan fingerprint density at radius 3 is 2.50 bits per heavy atom. The van der Waals surface area contributed by atoms with Gasteiger partial charge in [-0.3, -0.25) is 0 Å². The lowest BCUT2D eigenvalue weighted by atomic mass is 10.1. The second kappa shape index (κ2) is 5.14. The topological polar surface area (TPSA) is 43.4 Å². The Bertz CT molecular complexity index is 170. The first-order valence-corrected chi connectivity index (χ1v) is 4.31. The number of hydrogen-bond donors (Lipinski definition) is 0. The molecule has 0 saturated heterocycles. The quantitative estimate of drug-likeness (QED) is 0.287. The number of ether oxygens (including phenoxy) is 1. The number of hydrogen-bond acceptors (Lipinski definition) is 3. The average molecular weight is 193 g/mol. The zero-order chi connectivity index (χ0) is 9.61. The Kier molecular flexibility index (Phi) is 4.90. The van der Waals surface area contributed by atoms with E-state index in [4.69, 9.17) is 11.6 Å². The molecule has 0 aliphatic heterocycles. The lowest BCUT2D eigenvalue weighted by Gasteiger charge is -2.16. The van der Waals surface area contributed by atoms with Crippen LogP contribution in [0.15, 0.2) is 0 Å². The van der Waals surface area contributed by atoms with Gasteiger partial charge in [-0.1, -0.05) is 24.9 Å². The third-order valence-corrected chi connectivity index (χ3v) is 1.85. The fourth-order valence-electron chi connectivity index (χ4n) is 0.824. The predicted octanol–water partition coefficient (Wildman–Crippen LogP) is 1.53. The summed E-state index contributed by atoms with van der Waals surface area (Å²) in [6.07, 6.45) is 1.42. The largest absolute Gasteiger partial charge is 0.464 e. The minimum Gasteiger partial charge on any atom is -0.464 e. The van der Waals surface area contributed by atoms with Crippen LogP contribution in [0.3, 0.4) is 0 Å². The summed E-state index contributed by atoms with van der Waals surface area (Å²) in [5, 5.41) is 0. The van der Waals surface area contributed by atoms with Crippen molar-refractivity contribution in [1.82, 2.24) is 0 Å². The van der Waals surface area contributed by atoms with Gasteiger partial charge < -0.3 is 9.53 Å². The van der Waals surface area contributed by atoms with Crippen LogP contribution in [0.2, 0.25) is 0 Å². The normalized spacial score (nSPS) is 14.9. The van der Waals surface area contributed by atoms with Gasteiger partial charge in [0.05, 0.1) is 6.61 Å². The summed E-state index contributed by atoms with van der Waals surface area (Å²) < 4.78 is 4.65. The van der Waals surface area contributed by atoms with Gasteiger partial charge >= 0.3 is 5.97 Å². The van der Waals surface area contributed by atoms with Crippen LogP contribution in [0.1, 0.15) is 26.7 Å². The van der Waals surface area contributed by atoms with Crippen LogP contribution >= 0.6 is 11.6 Å². The van der Waals surface area contributed by atoms with E-state index in [1.165, 1.54) is 0 Å². The number of halogens is 1. The first-order valence-electron chi connectivity index (χ1n) is 3.93. The van der Waals surface area contributed by atoms with Crippen molar-refractivity contribution in [2.75, 3.05) is 6.61 Å². The van der Waals surface area contributed by atoms with Gasteiger partial charge in [-0.05, 0) is 13.3 Å². The molecule has 0 bridgehead atoms. The van der Waals surface area contributed by atoms with Crippen LogP contribution in [-0.4, -0.2) is 23.7 Å². The molecule has 12 heavy (non-hydrogen) atoms. The maximum atomic E-state index is 11.1. The smallest absolute Gasteiger partial charge is 0.334 e. The molecule has 0 heterocycles. The van der Waals surface area contributed by atoms with E-state index < -0.39 is 10.8 Å². The molecule has 0 amide bonds. The highest BCUT2D eigenvalue weighted by Gasteiger charge is 2.36. The molecular weight excluding hydrogens is 180 g/mol. The highest BCUT2D eigenvalue weighted by molar-refractivity contribution is 6.42. The van der Waals surface area contributed by atoms with Gasteiger partial charge in [0.2, 0.25) is 0 Å². The van der Waals surface area contributed by atoms with Crippen LogP contribution in [-0.2, 0) is 14.3 Å². The van der Waals surface area contributed by atoms with Crippen LogP contribution in [0.4, 0.5) is 0 Å². The van der Waals surface area contributed by atoms with Crippen molar-refractivity contribution < 1.29 is 14.3 Å². The first-order chi connectivity index (χ1) is 5.60. The first kappa shape index (κ1) is 11.4. The summed E-state index contributed by atoms with van der Waals surface area (Å²) in [5.74, 6) is -0.650. The molecule has 0 spiro atoms. The number of carbonyl (C=O) groups excluding carboxylic acids is 2. The maximum absolute atomic E-state index is 11.1. The van der Waals surface area contributed by atoms with Crippen LogP contribution in [0.25, 0.3) is 0 Å². The molecule has 0 aliphatic carbocycles. The SMILES string of the molecule is CCCC(Cl)(C=O)C(=O)OCC. The molecular formula is C8H13ClO3. The maximum Gasteiger partial charge on any atom is 0.334 e. The van der Waals surface area contributed by atoms with Gasteiger partial charge in [0.25, 0.3) is 0 Å². The monoisotopic (exact) mass is 192 g/mol. The van der Waals surface area contributed by atoms with E-state index in [0.29, 0.717) is 19.1 Å². The van der Waals surface area contributed by atoms with E-state index >= 15 is 0 Å². The molecule has 0 rings (SSSR count). The molecule has 0 aromatic carbocycles. The summed E-state index contributed by atoms with van der Waals surface area (Å²) in [7, 11) is 0. The molecule has 0 aromatic heterocycles. The standard InChI is InChI=1S/C8H13ClO3/c1-3-5-8(9,6-10)7(11)12-4-2/h6H,3-5H2,1-2H3.